The van der Waals surface area contributed by atoms with Crippen LogP contribution in [0, 0.1) is 28.1 Å². The molecular weight excluding hydrogens is 827 g/mol. The fraction of sp³-hybridized carbons (Fsp3) is 0.500. The van der Waals surface area contributed by atoms with Crippen molar-refractivity contribution < 1.29 is 47.7 Å². The number of aromatic nitrogens is 2. The van der Waals surface area contributed by atoms with Crippen molar-refractivity contribution in [2.45, 2.75) is 114 Å². The minimum Gasteiger partial charge on any atom is -0.390 e. The molecule has 3 saturated carbocycles. The van der Waals surface area contributed by atoms with E-state index in [-0.39, 0.29) is 37.7 Å². The molecule has 8 rings (SSSR count). The predicted octanol–water partition coefficient (Wildman–Crippen LogP) is 3.82. The number of allylic oxidation sites excluding steroid dienone is 4. The molecule has 16 heteroatoms. The first kappa shape index (κ1) is 45.2. The number of Topliss-reactive ketones (excluding diaryl/α,β-unsaturated/α-hetero) is 1. The maximum atomic E-state index is 17.8. The van der Waals surface area contributed by atoms with Gasteiger partial charge in [0.05, 0.1) is 36.1 Å². The molecule has 5 aliphatic rings. The molecule has 0 spiro atoms. The zero-order chi connectivity index (χ0) is 45.9. The van der Waals surface area contributed by atoms with Crippen molar-refractivity contribution in [3.63, 3.8) is 0 Å². The number of aliphatic hydroxyl groups is 2. The molecule has 8 N–H and O–H groups in total. The zero-order valence-electron chi connectivity index (χ0n) is 36.3. The van der Waals surface area contributed by atoms with Crippen LogP contribution in [-0.4, -0.2) is 98.2 Å². The van der Waals surface area contributed by atoms with Crippen LogP contribution in [0.5, 0.6) is 0 Å². The first-order valence-electron chi connectivity index (χ1n) is 21.9. The Bertz CT molecular complexity index is 2390. The van der Waals surface area contributed by atoms with Gasteiger partial charge in [0.25, 0.3) is 0 Å². The van der Waals surface area contributed by atoms with Crippen molar-refractivity contribution >= 4 is 35.0 Å². The fourth-order valence-corrected chi connectivity index (χ4v) is 11.9. The number of nitrogens with zero attached hydrogens (tertiary/aromatic N) is 1. The number of nitrogens with two attached hydrogens (primary N) is 1. The minimum absolute atomic E-state index is 0.0350. The number of aliphatic hydroxyl groups excluding tert-OH is 2. The molecule has 14 nitrogen and oxygen atoms in total. The topological polar surface area (TPSA) is 226 Å². The number of carbonyl (C=O) groups is 5. The monoisotopic (exact) mass is 882 g/mol. The third-order valence-electron chi connectivity index (χ3n) is 15.3. The van der Waals surface area contributed by atoms with Gasteiger partial charge in [-0.1, -0.05) is 49.4 Å². The van der Waals surface area contributed by atoms with E-state index in [1.54, 1.807) is 19.2 Å². The van der Waals surface area contributed by atoms with E-state index >= 15 is 8.78 Å². The highest BCUT2D eigenvalue weighted by atomic mass is 19.1. The number of hydrogen-bond donors (Lipinski definition) is 7. The summed E-state index contributed by atoms with van der Waals surface area (Å²) in [6.07, 6.45) is 3.25. The number of carbonyl (C=O) groups excluding carboxylic acids is 5. The average molecular weight is 883 g/mol. The van der Waals surface area contributed by atoms with Gasteiger partial charge in [-0.3, -0.25) is 24.0 Å². The summed E-state index contributed by atoms with van der Waals surface area (Å²) in [6.45, 7) is 5.69. The number of amides is 3. The number of fused-ring (bicyclic) bond motifs is 7. The molecule has 1 aromatic heterocycles. The highest BCUT2D eigenvalue weighted by Gasteiger charge is 2.78. The third-order valence-corrected chi connectivity index (χ3v) is 15.3. The zero-order valence-corrected chi connectivity index (χ0v) is 36.3. The van der Waals surface area contributed by atoms with Crippen molar-refractivity contribution in [2.75, 3.05) is 11.9 Å². The Morgan fingerprint density at radius 2 is 1.70 bits per heavy atom. The number of aromatic amines is 1. The van der Waals surface area contributed by atoms with E-state index in [1.165, 1.54) is 32.3 Å². The lowest BCUT2D eigenvalue weighted by Gasteiger charge is -2.63. The Kier molecular flexibility index (Phi) is 11.9. The Labute approximate surface area is 369 Å². The van der Waals surface area contributed by atoms with Crippen molar-refractivity contribution in [2.24, 2.45) is 33.8 Å². The standard InChI is InChI=1S/C48H56F2N6O8/c1-25(55-44(63)37(51)16-31-22-52-24-53-31)42(61)54-26(2)43(62)56-30-7-5-6-28(15-30)14-27-8-10-29(11-9-27)38-20-47(40(60)23-57)41(64-38)19-33-34-18-36(49)35-17-32(58)12-13-45(35,3)48(34,50)39(59)21-46(33,47)4/h5-13,15,17,22,24-26,33-34,36-39,41,57,59H,14,16,18-21,23,51H2,1-4H3,(H,52,53)(H,54,61)(H,55,63)(H,56,62)/t25-,26-,33-,34-,36-,37-,38+,39-,41+,45-,46-,47-,48-/m0/s1. The van der Waals surface area contributed by atoms with Gasteiger partial charge in [-0.2, -0.15) is 0 Å². The summed E-state index contributed by atoms with van der Waals surface area (Å²) in [4.78, 5) is 71.5. The molecule has 4 aliphatic carbocycles. The second-order valence-corrected chi connectivity index (χ2v) is 18.9. The molecule has 4 fully saturated rings. The van der Waals surface area contributed by atoms with Crippen LogP contribution in [0.3, 0.4) is 0 Å². The lowest BCUT2D eigenvalue weighted by molar-refractivity contribution is -0.211. The summed E-state index contributed by atoms with van der Waals surface area (Å²) in [5.74, 6) is -3.90. The molecule has 2 aromatic carbocycles. The molecule has 3 aromatic rings. The Balaban J connectivity index is 0.900. The van der Waals surface area contributed by atoms with Gasteiger partial charge in [-0.25, -0.2) is 13.8 Å². The van der Waals surface area contributed by atoms with E-state index in [4.69, 9.17) is 10.5 Å². The van der Waals surface area contributed by atoms with E-state index in [2.05, 4.69) is 25.9 Å². The van der Waals surface area contributed by atoms with E-state index < -0.39 is 112 Å². The van der Waals surface area contributed by atoms with Gasteiger partial charge >= 0.3 is 0 Å². The molecule has 64 heavy (non-hydrogen) atoms. The number of nitrogens with one attached hydrogen (secondary N) is 4. The van der Waals surface area contributed by atoms with Crippen LogP contribution in [0.15, 0.2) is 84.9 Å². The van der Waals surface area contributed by atoms with E-state index in [1.807, 2.05) is 49.4 Å². The van der Waals surface area contributed by atoms with E-state index in [0.29, 0.717) is 17.8 Å². The second kappa shape index (κ2) is 16.9. The third kappa shape index (κ3) is 7.41. The SMILES string of the molecule is C[C@H](NC(=O)[C@H](C)NC(=O)[C@@H](N)Cc1cnc[nH]1)C(=O)Nc1cccc(Cc2ccc([C@H]3C[C@]4(C(=O)CO)[C@@H](C[C@H]5[C@@H]6C[C@H](F)C7=CC(=O)C=C[C@]7(C)[C@@]6(F)[C@@H](O)C[C@@]54C)O3)cc2)c1. The van der Waals surface area contributed by atoms with Gasteiger partial charge in [0, 0.05) is 35.3 Å². The minimum atomic E-state index is -2.29. The molecule has 1 saturated heterocycles. The summed E-state index contributed by atoms with van der Waals surface area (Å²) in [7, 11) is 0. The predicted molar refractivity (Wildman–Crippen MR) is 231 cm³/mol. The first-order chi connectivity index (χ1) is 30.3. The number of imidazole rings is 1. The molecule has 3 amide bonds. The summed E-state index contributed by atoms with van der Waals surface area (Å²) < 4.78 is 40.5. The molecule has 0 radical (unpaired) electrons. The molecule has 13 atom stereocenters. The number of rotatable bonds is 13. The number of H-pyrrole nitrogens is 1. The van der Waals surface area contributed by atoms with Gasteiger partial charge in [0.1, 0.15) is 24.9 Å². The summed E-state index contributed by atoms with van der Waals surface area (Å²) in [5.41, 5.74) is 3.75. The number of halogens is 2. The smallest absolute Gasteiger partial charge is 0.246 e. The molecule has 1 aliphatic heterocycles. The van der Waals surface area contributed by atoms with Crippen molar-refractivity contribution in [1.82, 2.24) is 20.6 Å². The summed E-state index contributed by atoms with van der Waals surface area (Å²) in [6, 6.07) is 12.3. The van der Waals surface area contributed by atoms with Crippen molar-refractivity contribution in [1.29, 1.82) is 0 Å². The van der Waals surface area contributed by atoms with Crippen LogP contribution in [0.2, 0.25) is 0 Å². The maximum Gasteiger partial charge on any atom is 0.246 e. The number of benzene rings is 2. The highest BCUT2D eigenvalue weighted by molar-refractivity contribution is 6.01. The molecule has 340 valence electrons. The van der Waals surface area contributed by atoms with Gasteiger partial charge in [0.2, 0.25) is 17.7 Å². The number of ether oxygens (including phenoxy) is 1. The lowest BCUT2D eigenvalue weighted by Crippen LogP contribution is -2.69. The van der Waals surface area contributed by atoms with E-state index in [9.17, 15) is 34.2 Å². The quantitative estimate of drug-likeness (QED) is 0.131. The van der Waals surface area contributed by atoms with Gasteiger partial charge in [-0.15, -0.1) is 0 Å². The molecule has 2 heterocycles. The highest BCUT2D eigenvalue weighted by Crippen LogP contribution is 2.75. The summed E-state index contributed by atoms with van der Waals surface area (Å²) >= 11 is 0. The van der Waals surface area contributed by atoms with Gasteiger partial charge in [-0.05, 0) is 111 Å². The number of hydrogen-bond acceptors (Lipinski definition) is 10. The largest absolute Gasteiger partial charge is 0.390 e. The van der Waals surface area contributed by atoms with Crippen LogP contribution in [0.4, 0.5) is 14.5 Å². The maximum absolute atomic E-state index is 17.8. The number of anilines is 1. The van der Waals surface area contributed by atoms with Crippen molar-refractivity contribution in [3.05, 3.63) is 107 Å². The average Bonchev–Trinajstić information content (AvgIpc) is 3.98. The first-order valence-corrected chi connectivity index (χ1v) is 21.9. The normalized spacial score (nSPS) is 34.0. The van der Waals surface area contributed by atoms with Gasteiger partial charge < -0.3 is 41.6 Å². The Morgan fingerprint density at radius 3 is 2.41 bits per heavy atom. The fourth-order valence-electron chi connectivity index (χ4n) is 11.9. The van der Waals surface area contributed by atoms with E-state index in [0.717, 1.165) is 22.8 Å². The number of ketones is 2. The molecule has 0 bridgehead atoms. The molecule has 0 unspecified atom stereocenters. The van der Waals surface area contributed by atoms with Crippen LogP contribution in [-0.2, 0) is 41.6 Å². The second-order valence-electron chi connectivity index (χ2n) is 18.9. The Morgan fingerprint density at radius 1 is 0.984 bits per heavy atom. The lowest BCUT2D eigenvalue weighted by atomic mass is 9.42. The van der Waals surface area contributed by atoms with Crippen LogP contribution >= 0.6 is 0 Å². The van der Waals surface area contributed by atoms with Crippen LogP contribution in [0.1, 0.15) is 81.9 Å². The van der Waals surface area contributed by atoms with Crippen LogP contribution in [0.25, 0.3) is 0 Å². The Hall–Kier alpha value is -5.42. The number of alkyl halides is 2. The van der Waals surface area contributed by atoms with Gasteiger partial charge in [0.15, 0.2) is 17.2 Å². The molecular formula is C48H56F2N6O8. The van der Waals surface area contributed by atoms with Crippen LogP contribution < -0.4 is 21.7 Å². The van der Waals surface area contributed by atoms with Crippen molar-refractivity contribution in [3.8, 4) is 0 Å². The summed E-state index contributed by atoms with van der Waals surface area (Å²) in [5, 5.41) is 30.3.